The number of anilines is 2. The first-order valence-corrected chi connectivity index (χ1v) is 16.3. The minimum Gasteiger partial charge on any atom is -0.463 e. The molecule has 1 aliphatic heterocycles. The van der Waals surface area contributed by atoms with Crippen molar-refractivity contribution >= 4 is 27.2 Å². The van der Waals surface area contributed by atoms with Crippen LogP contribution in [0.3, 0.4) is 0 Å². The molecule has 0 aliphatic carbocycles. The van der Waals surface area contributed by atoms with Crippen molar-refractivity contribution in [3.63, 3.8) is 0 Å². The lowest BCUT2D eigenvalue weighted by molar-refractivity contribution is 0.191. The summed E-state index contributed by atoms with van der Waals surface area (Å²) in [5.74, 6) is 0.390. The van der Waals surface area contributed by atoms with Gasteiger partial charge in [-0.1, -0.05) is 30.3 Å². The first-order chi connectivity index (χ1) is 16.0. The summed E-state index contributed by atoms with van der Waals surface area (Å²) in [5, 5.41) is 0. The number of alkyl halides is 1. The zero-order valence-electron chi connectivity index (χ0n) is 20.3. The Labute approximate surface area is 202 Å². The van der Waals surface area contributed by atoms with Crippen molar-refractivity contribution in [1.29, 1.82) is 0 Å². The third-order valence-corrected chi connectivity index (χ3v) is 6.05. The molecule has 8 heteroatoms. The van der Waals surface area contributed by atoms with E-state index in [1.807, 2.05) is 43.3 Å². The highest BCUT2D eigenvalue weighted by Gasteiger charge is 2.43. The van der Waals surface area contributed by atoms with Crippen LogP contribution >= 0.6 is 15.8 Å². The van der Waals surface area contributed by atoms with E-state index in [0.29, 0.717) is 11.4 Å². The maximum atomic E-state index is 14.4. The molecule has 182 valence electrons. The van der Waals surface area contributed by atoms with Gasteiger partial charge in [0.1, 0.15) is 12.4 Å². The Morgan fingerprint density at radius 3 is 2.18 bits per heavy atom. The van der Waals surface area contributed by atoms with Gasteiger partial charge in [0.15, 0.2) is 6.29 Å². The summed E-state index contributed by atoms with van der Waals surface area (Å²) < 4.78 is 46.2. The number of nitrogen functional groups attached to an aromatic ring is 1. The number of nitrogens with two attached hydrogens (primary N) is 1. The van der Waals surface area contributed by atoms with Gasteiger partial charge < -0.3 is 15.4 Å². The second kappa shape index (κ2) is 11.0. The summed E-state index contributed by atoms with van der Waals surface area (Å²) in [6.45, 7) is 8.87. The quantitative estimate of drug-likeness (QED) is 0.282. The van der Waals surface area contributed by atoms with E-state index < -0.39 is 20.8 Å². The average Bonchev–Trinajstić information content (AvgIpc) is 2.73. The summed E-state index contributed by atoms with van der Waals surface area (Å²) in [7, 11) is -4.02. The summed E-state index contributed by atoms with van der Waals surface area (Å²) in [6.07, 6.45) is -0.342. The predicted octanol–water partition coefficient (Wildman–Crippen LogP) is 7.92. The van der Waals surface area contributed by atoms with Crippen LogP contribution in [-0.2, 0) is 0 Å². The SMILES string of the molecule is C[PH+](C)C.Cc1ccc2c(c1)N(C[P+](C)(F)F)C(c1ccc(OC[18F])cc1)c1cc(N)ccc1-2. The lowest BCUT2D eigenvalue weighted by Gasteiger charge is -2.39. The minimum atomic E-state index is -4.14. The zero-order valence-corrected chi connectivity index (χ0v) is 22.2. The molecule has 1 unspecified atom stereocenters. The molecule has 1 aliphatic rings. The summed E-state index contributed by atoms with van der Waals surface area (Å²) in [5.41, 5.74) is 12.0. The Hall–Kier alpha value is -2.29. The van der Waals surface area contributed by atoms with Crippen molar-refractivity contribution in [2.75, 3.05) is 50.4 Å². The van der Waals surface area contributed by atoms with Crippen LogP contribution in [-0.4, -0.2) is 39.8 Å². The molecule has 2 N–H and O–H groups in total. The summed E-state index contributed by atoms with van der Waals surface area (Å²) in [4.78, 5) is 1.78. The van der Waals surface area contributed by atoms with Gasteiger partial charge in [0, 0.05) is 36.9 Å². The van der Waals surface area contributed by atoms with Crippen molar-refractivity contribution in [3.05, 3.63) is 77.4 Å². The van der Waals surface area contributed by atoms with Crippen molar-refractivity contribution in [3.8, 4) is 16.9 Å². The molecule has 0 fully saturated rings. The van der Waals surface area contributed by atoms with Gasteiger partial charge in [0.2, 0.25) is 6.86 Å². The number of ether oxygens (including phenoxy) is 1. The van der Waals surface area contributed by atoms with Crippen LogP contribution in [0.4, 0.5) is 24.2 Å². The van der Waals surface area contributed by atoms with E-state index in [2.05, 4.69) is 20.0 Å². The zero-order chi connectivity index (χ0) is 25.0. The number of halogens is 3. The normalized spacial score (nSPS) is 14.7. The molecule has 4 rings (SSSR count). The van der Waals surface area contributed by atoms with Crippen LogP contribution in [0.25, 0.3) is 11.1 Å². The predicted molar refractivity (Wildman–Crippen MR) is 144 cm³/mol. The molecule has 0 bridgehead atoms. The Balaban J connectivity index is 0.000000751. The first kappa shape index (κ1) is 26.3. The van der Waals surface area contributed by atoms with Crippen LogP contribution in [0.5, 0.6) is 5.75 Å². The highest BCUT2D eigenvalue weighted by Crippen LogP contribution is 2.62. The number of rotatable bonds is 5. The lowest BCUT2D eigenvalue weighted by Crippen LogP contribution is -2.34. The first-order valence-electron chi connectivity index (χ1n) is 11.1. The van der Waals surface area contributed by atoms with Crippen LogP contribution in [0.2, 0.25) is 0 Å². The number of nitrogens with zero attached hydrogens (tertiary/aromatic N) is 1. The molecule has 0 spiro atoms. The van der Waals surface area contributed by atoms with E-state index >= 15 is 0 Å². The number of hydrogen-bond acceptors (Lipinski definition) is 3. The average molecular weight is 508 g/mol. The molecular weight excluding hydrogens is 474 g/mol. The molecule has 34 heavy (non-hydrogen) atoms. The highest BCUT2D eigenvalue weighted by molar-refractivity contribution is 7.65. The summed E-state index contributed by atoms with van der Waals surface area (Å²) >= 11 is 0. The van der Waals surface area contributed by atoms with Crippen LogP contribution in [0.1, 0.15) is 22.7 Å². The van der Waals surface area contributed by atoms with Crippen LogP contribution in [0.15, 0.2) is 60.7 Å². The molecule has 0 aromatic heterocycles. The number of aryl methyl sites for hydroxylation is 1. The van der Waals surface area contributed by atoms with Gasteiger partial charge in [0.05, 0.1) is 6.04 Å². The van der Waals surface area contributed by atoms with Gasteiger partial charge in [-0.2, -0.15) is 0 Å². The number of fused-ring (bicyclic) bond motifs is 3. The van der Waals surface area contributed by atoms with Crippen LogP contribution < -0.4 is 15.4 Å². The minimum absolute atomic E-state index is 0.120. The third-order valence-electron chi connectivity index (χ3n) is 5.25. The fraction of sp³-hybridized carbons (Fsp3) is 0.308. The van der Waals surface area contributed by atoms with Crippen molar-refractivity contribution in [2.45, 2.75) is 13.0 Å². The number of benzene rings is 3. The largest absolute Gasteiger partial charge is 0.463 e. The molecule has 0 amide bonds. The highest BCUT2D eigenvalue weighted by atomic mass is 31.2. The summed E-state index contributed by atoms with van der Waals surface area (Å²) in [6, 6.07) is 18.0. The van der Waals surface area contributed by atoms with Gasteiger partial charge in [0.25, 0.3) is 0 Å². The fourth-order valence-corrected chi connectivity index (χ4v) is 4.91. The second-order valence-electron chi connectivity index (χ2n) is 9.16. The Kier molecular flexibility index (Phi) is 8.49. The van der Waals surface area contributed by atoms with E-state index in [9.17, 15) is 12.8 Å². The molecule has 0 saturated carbocycles. The van der Waals surface area contributed by atoms with Gasteiger partial charge >= 0.3 is 7.88 Å². The van der Waals surface area contributed by atoms with E-state index in [-0.39, 0.29) is 14.2 Å². The molecule has 3 aromatic rings. The lowest BCUT2D eigenvalue weighted by atomic mass is 9.84. The molecular formula is C26H33F3N2OP2+2. The smallest absolute Gasteiger partial charge is 0.404 e. The van der Waals surface area contributed by atoms with Crippen molar-refractivity contribution < 1.29 is 17.5 Å². The molecule has 1 atom stereocenters. The molecule has 3 aromatic carbocycles. The van der Waals surface area contributed by atoms with E-state index in [1.54, 1.807) is 29.2 Å². The van der Waals surface area contributed by atoms with Gasteiger partial charge in [-0.05, 0) is 75.8 Å². The molecule has 0 radical (unpaired) electrons. The fourth-order valence-electron chi connectivity index (χ4n) is 4.06. The topological polar surface area (TPSA) is 38.5 Å². The Morgan fingerprint density at radius 2 is 1.59 bits per heavy atom. The molecule has 0 saturated heterocycles. The van der Waals surface area contributed by atoms with Crippen molar-refractivity contribution in [2.24, 2.45) is 0 Å². The maximum Gasteiger partial charge on any atom is 0.404 e. The maximum absolute atomic E-state index is 14.4. The second-order valence-corrected chi connectivity index (χ2v) is 14.4. The van der Waals surface area contributed by atoms with Gasteiger partial charge in [-0.15, -0.1) is 0 Å². The Morgan fingerprint density at radius 1 is 0.971 bits per heavy atom. The molecule has 1 heterocycles. The van der Waals surface area contributed by atoms with E-state index in [0.717, 1.165) is 40.2 Å². The van der Waals surface area contributed by atoms with E-state index in [4.69, 9.17) is 10.5 Å². The van der Waals surface area contributed by atoms with Gasteiger partial charge in [-0.25, -0.2) is 4.39 Å². The monoisotopic (exact) mass is 507 g/mol. The van der Waals surface area contributed by atoms with E-state index in [1.165, 1.54) is 0 Å². The van der Waals surface area contributed by atoms with Gasteiger partial charge in [-0.3, -0.25) is 0 Å². The Bertz CT molecular complexity index is 1120. The van der Waals surface area contributed by atoms with Crippen LogP contribution in [0, 0.1) is 6.92 Å². The van der Waals surface area contributed by atoms with Crippen molar-refractivity contribution in [1.82, 2.24) is 0 Å². The standard InChI is InChI=1S/C23H23F3N2OP.C3H9P/c1-15-3-9-20-19-10-6-17(27)12-21(19)23(16-4-7-18(8-5-16)29-13-24)28(22(20)11-15)14-30(2,25)26;1-4(2)3/h3-12,23H,13-14,27H2,1-2H3;1-3H3/q+1;/p+1/i24-1;. The molecule has 3 nitrogen and oxygen atoms in total. The number of hydrogen-bond donors (Lipinski definition) is 1. The third kappa shape index (κ3) is 6.43.